The van der Waals surface area contributed by atoms with Gasteiger partial charge in [-0.1, -0.05) is 18.5 Å². The van der Waals surface area contributed by atoms with Crippen LogP contribution in [0.3, 0.4) is 0 Å². The average molecular weight is 351 g/mol. The van der Waals surface area contributed by atoms with Crippen LogP contribution in [0.1, 0.15) is 23.0 Å². The van der Waals surface area contributed by atoms with Crippen LogP contribution in [0, 0.1) is 10.1 Å². The van der Waals surface area contributed by atoms with Crippen molar-refractivity contribution in [3.05, 3.63) is 67.3 Å². The Bertz CT molecular complexity index is 834. The highest BCUT2D eigenvalue weighted by molar-refractivity contribution is 6.33. The zero-order valence-corrected chi connectivity index (χ0v) is 13.6. The standard InChI is InChI=1S/C15H15ClN4O4/c1-2-10-7-14(21)19(9-18-10)6-5-17-15(22)12-8-11(20(23)24)3-4-13(12)16/h3-4,7-9H,2,5-6H2,1H3,(H,17,22). The number of aromatic nitrogens is 2. The van der Waals surface area contributed by atoms with E-state index >= 15 is 0 Å². The lowest BCUT2D eigenvalue weighted by molar-refractivity contribution is -0.384. The number of nitrogens with zero attached hydrogens (tertiary/aromatic N) is 3. The molecule has 126 valence electrons. The second-order valence-corrected chi connectivity index (χ2v) is 5.35. The minimum atomic E-state index is -0.604. The molecular weight excluding hydrogens is 336 g/mol. The molecule has 9 heteroatoms. The molecular formula is C15H15ClN4O4. The molecule has 1 aromatic carbocycles. The van der Waals surface area contributed by atoms with Crippen molar-refractivity contribution >= 4 is 23.2 Å². The third-order valence-corrected chi connectivity index (χ3v) is 3.67. The van der Waals surface area contributed by atoms with Crippen molar-refractivity contribution in [1.29, 1.82) is 0 Å². The number of hydrogen-bond donors (Lipinski definition) is 1. The molecule has 2 rings (SSSR count). The van der Waals surface area contributed by atoms with Crippen LogP contribution in [0.4, 0.5) is 5.69 Å². The molecule has 0 aliphatic heterocycles. The van der Waals surface area contributed by atoms with Crippen LogP contribution >= 0.6 is 11.6 Å². The Kier molecular flexibility index (Phi) is 5.64. The maximum atomic E-state index is 12.1. The summed E-state index contributed by atoms with van der Waals surface area (Å²) >= 11 is 5.90. The van der Waals surface area contributed by atoms with Crippen molar-refractivity contribution in [3.8, 4) is 0 Å². The van der Waals surface area contributed by atoms with E-state index in [0.717, 1.165) is 6.07 Å². The van der Waals surface area contributed by atoms with Crippen molar-refractivity contribution in [1.82, 2.24) is 14.9 Å². The number of non-ortho nitro benzene ring substituents is 1. The van der Waals surface area contributed by atoms with Gasteiger partial charge < -0.3 is 5.32 Å². The molecule has 24 heavy (non-hydrogen) atoms. The number of nitro benzene ring substituents is 1. The van der Waals surface area contributed by atoms with E-state index in [4.69, 9.17) is 11.6 Å². The summed E-state index contributed by atoms with van der Waals surface area (Å²) in [7, 11) is 0. The molecule has 0 fully saturated rings. The number of nitro groups is 1. The Balaban J connectivity index is 2.02. The van der Waals surface area contributed by atoms with E-state index < -0.39 is 10.8 Å². The van der Waals surface area contributed by atoms with Crippen LogP contribution in [0.2, 0.25) is 5.02 Å². The van der Waals surface area contributed by atoms with Gasteiger partial charge in [0.15, 0.2) is 0 Å². The molecule has 1 N–H and O–H groups in total. The molecule has 0 aliphatic rings. The summed E-state index contributed by atoms with van der Waals surface area (Å²) in [4.78, 5) is 38.2. The predicted octanol–water partition coefficient (Wildman–Crippen LogP) is 1.80. The molecule has 2 aromatic rings. The molecule has 1 heterocycles. The number of hydrogen-bond acceptors (Lipinski definition) is 5. The van der Waals surface area contributed by atoms with Gasteiger partial charge in [0.1, 0.15) is 0 Å². The lowest BCUT2D eigenvalue weighted by atomic mass is 10.2. The lowest BCUT2D eigenvalue weighted by Gasteiger charge is -2.08. The van der Waals surface area contributed by atoms with E-state index in [0.29, 0.717) is 12.1 Å². The molecule has 0 spiro atoms. The highest BCUT2D eigenvalue weighted by atomic mass is 35.5. The largest absolute Gasteiger partial charge is 0.350 e. The number of amides is 1. The van der Waals surface area contributed by atoms with Gasteiger partial charge in [-0.25, -0.2) is 4.98 Å². The maximum Gasteiger partial charge on any atom is 0.270 e. The summed E-state index contributed by atoms with van der Waals surface area (Å²) in [5.41, 5.74) is 0.283. The van der Waals surface area contributed by atoms with E-state index in [1.807, 2.05) is 6.92 Å². The summed E-state index contributed by atoms with van der Waals surface area (Å²) in [6, 6.07) is 5.08. The first kappa shape index (κ1) is 17.6. The van der Waals surface area contributed by atoms with Crippen molar-refractivity contribution in [3.63, 3.8) is 0 Å². The number of nitrogens with one attached hydrogen (secondary N) is 1. The van der Waals surface area contributed by atoms with Crippen molar-refractivity contribution < 1.29 is 9.72 Å². The van der Waals surface area contributed by atoms with Gasteiger partial charge in [0.05, 0.1) is 21.8 Å². The van der Waals surface area contributed by atoms with Crippen LogP contribution in [0.25, 0.3) is 0 Å². The molecule has 1 aromatic heterocycles. The van der Waals surface area contributed by atoms with Gasteiger partial charge in [-0.05, 0) is 12.5 Å². The molecule has 0 saturated heterocycles. The Morgan fingerprint density at radius 3 is 2.79 bits per heavy atom. The summed E-state index contributed by atoms with van der Waals surface area (Å²) in [5.74, 6) is -0.546. The maximum absolute atomic E-state index is 12.1. The third kappa shape index (κ3) is 4.17. The lowest BCUT2D eigenvalue weighted by Crippen LogP contribution is -2.31. The fourth-order valence-corrected chi connectivity index (χ4v) is 2.21. The number of carbonyl (C=O) groups excluding carboxylic acids is 1. The topological polar surface area (TPSA) is 107 Å². The van der Waals surface area contributed by atoms with Gasteiger partial charge in [-0.15, -0.1) is 0 Å². The van der Waals surface area contributed by atoms with Gasteiger partial charge in [0, 0.05) is 37.0 Å². The number of rotatable bonds is 6. The molecule has 0 unspecified atom stereocenters. The van der Waals surface area contributed by atoms with Crippen LogP contribution < -0.4 is 10.9 Å². The Morgan fingerprint density at radius 1 is 1.42 bits per heavy atom. The van der Waals surface area contributed by atoms with E-state index in [2.05, 4.69) is 10.3 Å². The quantitative estimate of drug-likeness (QED) is 0.631. The van der Waals surface area contributed by atoms with E-state index in [1.54, 1.807) is 0 Å². The Hall–Kier alpha value is -2.74. The number of aryl methyl sites for hydroxylation is 1. The molecule has 8 nitrogen and oxygen atoms in total. The first-order chi connectivity index (χ1) is 11.4. The van der Waals surface area contributed by atoms with Gasteiger partial charge in [0.2, 0.25) is 0 Å². The normalized spacial score (nSPS) is 10.4. The Morgan fingerprint density at radius 2 is 2.17 bits per heavy atom. The first-order valence-electron chi connectivity index (χ1n) is 7.20. The summed E-state index contributed by atoms with van der Waals surface area (Å²) in [6.45, 7) is 2.29. The van der Waals surface area contributed by atoms with Crippen molar-refractivity contribution in [2.75, 3.05) is 6.54 Å². The van der Waals surface area contributed by atoms with Gasteiger partial charge >= 0.3 is 0 Å². The first-order valence-corrected chi connectivity index (χ1v) is 7.57. The zero-order valence-electron chi connectivity index (χ0n) is 12.9. The highest BCUT2D eigenvalue weighted by Gasteiger charge is 2.15. The summed E-state index contributed by atoms with van der Waals surface area (Å²) in [6.07, 6.45) is 2.09. The molecule has 0 aliphatic carbocycles. The predicted molar refractivity (Wildman–Crippen MR) is 88.3 cm³/mol. The zero-order chi connectivity index (χ0) is 17.7. The fourth-order valence-electron chi connectivity index (χ4n) is 2.01. The van der Waals surface area contributed by atoms with E-state index in [9.17, 15) is 19.7 Å². The molecule has 0 radical (unpaired) electrons. The minimum Gasteiger partial charge on any atom is -0.350 e. The van der Waals surface area contributed by atoms with Gasteiger partial charge in [-0.2, -0.15) is 0 Å². The van der Waals surface area contributed by atoms with Crippen LogP contribution in [0.15, 0.2) is 35.4 Å². The van der Waals surface area contributed by atoms with E-state index in [-0.39, 0.29) is 34.9 Å². The average Bonchev–Trinajstić information content (AvgIpc) is 2.56. The Labute approximate surface area is 142 Å². The third-order valence-electron chi connectivity index (χ3n) is 3.34. The van der Waals surface area contributed by atoms with Crippen LogP contribution in [-0.4, -0.2) is 26.9 Å². The molecule has 0 atom stereocenters. The van der Waals surface area contributed by atoms with E-state index in [1.165, 1.54) is 29.1 Å². The van der Waals surface area contributed by atoms with Gasteiger partial charge in [0.25, 0.3) is 17.2 Å². The van der Waals surface area contributed by atoms with Crippen molar-refractivity contribution in [2.45, 2.75) is 19.9 Å². The fraction of sp³-hybridized carbons (Fsp3) is 0.267. The molecule has 0 bridgehead atoms. The number of halogens is 1. The van der Waals surface area contributed by atoms with Crippen molar-refractivity contribution in [2.24, 2.45) is 0 Å². The second kappa shape index (κ2) is 7.69. The molecule has 0 saturated carbocycles. The number of carbonyl (C=O) groups is 1. The second-order valence-electron chi connectivity index (χ2n) is 4.94. The monoisotopic (exact) mass is 350 g/mol. The van der Waals surface area contributed by atoms with Crippen LogP contribution in [-0.2, 0) is 13.0 Å². The smallest absolute Gasteiger partial charge is 0.270 e. The van der Waals surface area contributed by atoms with Crippen LogP contribution in [0.5, 0.6) is 0 Å². The van der Waals surface area contributed by atoms with Gasteiger partial charge in [-0.3, -0.25) is 24.3 Å². The minimum absolute atomic E-state index is 0.0117. The summed E-state index contributed by atoms with van der Waals surface area (Å²) < 4.78 is 1.37. The summed E-state index contributed by atoms with van der Waals surface area (Å²) in [5, 5.41) is 13.5. The highest BCUT2D eigenvalue weighted by Crippen LogP contribution is 2.21. The number of benzene rings is 1. The SMILES string of the molecule is CCc1cc(=O)n(CCNC(=O)c2cc([N+](=O)[O-])ccc2Cl)cn1. The molecule has 1 amide bonds.